The summed E-state index contributed by atoms with van der Waals surface area (Å²) in [6.07, 6.45) is 1.23. The first-order valence-electron chi connectivity index (χ1n) is 10.8. The zero-order chi connectivity index (χ0) is 24.2. The van der Waals surface area contributed by atoms with Gasteiger partial charge in [-0.05, 0) is 79.1 Å². The summed E-state index contributed by atoms with van der Waals surface area (Å²) in [6, 6.07) is 10.9. The number of carboxylic acid groups (broad SMARTS) is 1. The quantitative estimate of drug-likeness (QED) is 0.360. The van der Waals surface area contributed by atoms with Crippen LogP contribution in [0.25, 0.3) is 10.1 Å². The van der Waals surface area contributed by atoms with Crippen LogP contribution < -0.4 is 4.74 Å². The Morgan fingerprint density at radius 3 is 2.58 bits per heavy atom. The molecule has 6 nitrogen and oxygen atoms in total. The van der Waals surface area contributed by atoms with Crippen LogP contribution in [0.2, 0.25) is 5.02 Å². The number of sulfonamides is 1. The lowest BCUT2D eigenvalue weighted by molar-refractivity contribution is -0.136. The molecule has 0 saturated carbocycles. The van der Waals surface area contributed by atoms with Crippen molar-refractivity contribution in [3.8, 4) is 5.75 Å². The van der Waals surface area contributed by atoms with Crippen molar-refractivity contribution in [1.82, 2.24) is 4.31 Å². The molecule has 0 amide bonds. The van der Waals surface area contributed by atoms with Crippen molar-refractivity contribution in [2.45, 2.75) is 44.2 Å². The SMILES string of the molecule is CCCN(CCOc1ccc(CCC(=O)O)c(C)c1)S(=O)(=O)c1sc2ccc(Cl)cc2c1C. The van der Waals surface area contributed by atoms with Crippen LogP contribution >= 0.6 is 22.9 Å². The summed E-state index contributed by atoms with van der Waals surface area (Å²) in [5.41, 5.74) is 2.62. The van der Waals surface area contributed by atoms with E-state index in [0.29, 0.717) is 39.9 Å². The molecule has 3 aromatic rings. The van der Waals surface area contributed by atoms with Gasteiger partial charge in [-0.25, -0.2) is 8.42 Å². The average Bonchev–Trinajstić information content (AvgIpc) is 3.09. The highest BCUT2D eigenvalue weighted by Crippen LogP contribution is 2.37. The zero-order valence-electron chi connectivity index (χ0n) is 18.9. The van der Waals surface area contributed by atoms with Crippen molar-refractivity contribution < 1.29 is 23.1 Å². The number of aliphatic carboxylic acids is 1. The molecule has 0 aliphatic rings. The summed E-state index contributed by atoms with van der Waals surface area (Å²) in [7, 11) is -3.68. The number of rotatable bonds is 11. The molecule has 0 spiro atoms. The van der Waals surface area contributed by atoms with Gasteiger partial charge in [0.25, 0.3) is 10.0 Å². The number of carboxylic acids is 1. The average molecular weight is 510 g/mol. The van der Waals surface area contributed by atoms with E-state index in [-0.39, 0.29) is 19.6 Å². The van der Waals surface area contributed by atoms with Crippen molar-refractivity contribution in [2.75, 3.05) is 19.7 Å². The number of carbonyl (C=O) groups is 1. The molecule has 0 aliphatic heterocycles. The summed E-state index contributed by atoms with van der Waals surface area (Å²) in [4.78, 5) is 10.8. The molecular formula is C24H28ClNO5S2. The third-order valence-corrected chi connectivity index (χ3v) is 9.44. The van der Waals surface area contributed by atoms with Gasteiger partial charge in [0.2, 0.25) is 0 Å². The molecule has 3 rings (SSSR count). The maximum atomic E-state index is 13.5. The molecule has 0 aliphatic carbocycles. The molecule has 1 heterocycles. The predicted octanol–water partition coefficient (Wildman–Crippen LogP) is 5.67. The van der Waals surface area contributed by atoms with Gasteiger partial charge >= 0.3 is 5.97 Å². The van der Waals surface area contributed by atoms with Gasteiger partial charge in [-0.3, -0.25) is 4.79 Å². The third-order valence-electron chi connectivity index (χ3n) is 5.43. The van der Waals surface area contributed by atoms with E-state index >= 15 is 0 Å². The first-order chi connectivity index (χ1) is 15.6. The second-order valence-electron chi connectivity index (χ2n) is 7.89. The Bertz CT molecular complexity index is 1250. The molecule has 33 heavy (non-hydrogen) atoms. The van der Waals surface area contributed by atoms with E-state index in [1.165, 1.54) is 15.6 Å². The molecule has 0 atom stereocenters. The van der Waals surface area contributed by atoms with Crippen LogP contribution in [0.5, 0.6) is 5.75 Å². The second kappa shape index (κ2) is 10.9. The number of nitrogens with zero attached hydrogens (tertiary/aromatic N) is 1. The fourth-order valence-corrected chi connectivity index (χ4v) is 7.25. The zero-order valence-corrected chi connectivity index (χ0v) is 21.3. The van der Waals surface area contributed by atoms with Crippen molar-refractivity contribution in [3.63, 3.8) is 0 Å². The molecule has 0 fully saturated rings. The van der Waals surface area contributed by atoms with Gasteiger partial charge in [0.05, 0.1) is 0 Å². The van der Waals surface area contributed by atoms with Crippen molar-refractivity contribution in [1.29, 1.82) is 0 Å². The van der Waals surface area contributed by atoms with E-state index in [4.69, 9.17) is 21.4 Å². The lowest BCUT2D eigenvalue weighted by Gasteiger charge is -2.21. The summed E-state index contributed by atoms with van der Waals surface area (Å²) < 4.78 is 35.5. The molecule has 0 saturated heterocycles. The molecule has 1 N–H and O–H groups in total. The minimum absolute atomic E-state index is 0.0776. The predicted molar refractivity (Wildman–Crippen MR) is 133 cm³/mol. The Balaban J connectivity index is 1.73. The van der Waals surface area contributed by atoms with Gasteiger partial charge in [0.1, 0.15) is 16.6 Å². The monoisotopic (exact) mass is 509 g/mol. The van der Waals surface area contributed by atoms with Crippen molar-refractivity contribution >= 4 is 49.0 Å². The maximum Gasteiger partial charge on any atom is 0.303 e. The van der Waals surface area contributed by atoms with E-state index < -0.39 is 16.0 Å². The standard InChI is InChI=1S/C24H28ClNO5S2/c1-4-11-26(12-13-31-20-8-5-18(16(2)14-20)6-10-23(27)28)33(29,30)24-17(3)21-15-19(25)7-9-22(21)32-24/h5,7-9,14-15H,4,6,10-13H2,1-3H3,(H,27,28). The van der Waals surface area contributed by atoms with Crippen LogP contribution in [0.1, 0.15) is 36.5 Å². The molecule has 9 heteroatoms. The Morgan fingerprint density at radius 1 is 1.15 bits per heavy atom. The number of halogens is 1. The lowest BCUT2D eigenvalue weighted by atomic mass is 10.0. The first-order valence-corrected chi connectivity index (χ1v) is 13.4. The van der Waals surface area contributed by atoms with Gasteiger partial charge in [-0.15, -0.1) is 11.3 Å². The Hall–Kier alpha value is -2.13. The molecule has 0 radical (unpaired) electrons. The van der Waals surface area contributed by atoms with Gasteiger partial charge < -0.3 is 9.84 Å². The number of thiophene rings is 1. The van der Waals surface area contributed by atoms with E-state index in [0.717, 1.165) is 21.2 Å². The number of benzene rings is 2. The lowest BCUT2D eigenvalue weighted by Crippen LogP contribution is -2.35. The van der Waals surface area contributed by atoms with Gasteiger partial charge in [0.15, 0.2) is 0 Å². The van der Waals surface area contributed by atoms with Crippen LogP contribution in [0.15, 0.2) is 40.6 Å². The summed E-state index contributed by atoms with van der Waals surface area (Å²) in [6.45, 7) is 6.51. The molecule has 0 unspecified atom stereocenters. The minimum Gasteiger partial charge on any atom is -0.492 e. The van der Waals surface area contributed by atoms with Crippen LogP contribution in [-0.2, 0) is 21.2 Å². The van der Waals surface area contributed by atoms with E-state index in [2.05, 4.69) is 0 Å². The van der Waals surface area contributed by atoms with Gasteiger partial charge in [0, 0.05) is 29.2 Å². The molecule has 0 bridgehead atoms. The number of fused-ring (bicyclic) bond motifs is 1. The number of hydrogen-bond acceptors (Lipinski definition) is 5. The summed E-state index contributed by atoms with van der Waals surface area (Å²) >= 11 is 7.37. The molecule has 2 aromatic carbocycles. The summed E-state index contributed by atoms with van der Waals surface area (Å²) in [5, 5.41) is 10.3. The minimum atomic E-state index is -3.68. The number of aryl methyl sites for hydroxylation is 3. The van der Waals surface area contributed by atoms with Gasteiger partial charge in [-0.1, -0.05) is 24.6 Å². The fraction of sp³-hybridized carbons (Fsp3) is 0.375. The molecular weight excluding hydrogens is 482 g/mol. The topological polar surface area (TPSA) is 83.9 Å². The highest BCUT2D eigenvalue weighted by molar-refractivity contribution is 7.91. The Labute approximate surface area is 203 Å². The van der Waals surface area contributed by atoms with E-state index in [1.807, 2.05) is 39.0 Å². The van der Waals surface area contributed by atoms with E-state index in [1.54, 1.807) is 18.2 Å². The van der Waals surface area contributed by atoms with E-state index in [9.17, 15) is 13.2 Å². The largest absolute Gasteiger partial charge is 0.492 e. The first kappa shape index (κ1) is 25.5. The maximum absolute atomic E-state index is 13.5. The summed E-state index contributed by atoms with van der Waals surface area (Å²) in [5.74, 6) is -0.197. The highest BCUT2D eigenvalue weighted by atomic mass is 35.5. The number of hydrogen-bond donors (Lipinski definition) is 1. The Kier molecular flexibility index (Phi) is 8.39. The van der Waals surface area contributed by atoms with Crippen molar-refractivity contribution in [3.05, 3.63) is 58.1 Å². The Morgan fingerprint density at radius 2 is 1.91 bits per heavy atom. The van der Waals surface area contributed by atoms with Gasteiger partial charge in [-0.2, -0.15) is 4.31 Å². The van der Waals surface area contributed by atoms with Crippen LogP contribution in [0, 0.1) is 13.8 Å². The smallest absolute Gasteiger partial charge is 0.303 e. The third kappa shape index (κ3) is 6.06. The number of ether oxygens (including phenoxy) is 1. The van der Waals surface area contributed by atoms with Crippen LogP contribution in [0.4, 0.5) is 0 Å². The second-order valence-corrected chi connectivity index (χ2v) is 11.5. The molecule has 1 aromatic heterocycles. The highest BCUT2D eigenvalue weighted by Gasteiger charge is 2.28. The van der Waals surface area contributed by atoms with Crippen molar-refractivity contribution in [2.24, 2.45) is 0 Å². The molecule has 178 valence electrons. The van der Waals surface area contributed by atoms with Crippen LogP contribution in [0.3, 0.4) is 0 Å². The fourth-order valence-electron chi connectivity index (χ4n) is 3.68. The van der Waals surface area contributed by atoms with Crippen LogP contribution in [-0.4, -0.2) is 43.5 Å². The normalized spacial score (nSPS) is 11.9.